The molecule has 2 aliphatic carbocycles. The monoisotopic (exact) mass is 472 g/mol. The minimum atomic E-state index is 0.824. The van der Waals surface area contributed by atoms with Crippen LogP contribution in [-0.2, 0) is 25.7 Å². The molecule has 150 valence electrons. The first-order valence-electron chi connectivity index (χ1n) is 11.3. The van der Waals surface area contributed by atoms with E-state index < -0.39 is 0 Å². The summed E-state index contributed by atoms with van der Waals surface area (Å²) in [5.74, 6) is 0. The number of rotatable bonds is 0. The highest BCUT2D eigenvalue weighted by molar-refractivity contribution is 9.10. The quantitative estimate of drug-likeness (QED) is 0.240. The molecule has 6 aromatic rings. The third-order valence-corrected chi connectivity index (χ3v) is 8.18. The second-order valence-electron chi connectivity index (χ2n) is 9.37. The van der Waals surface area contributed by atoms with Gasteiger partial charge in [-0.1, -0.05) is 33.5 Å². The second kappa shape index (κ2) is 5.87. The van der Waals surface area contributed by atoms with Crippen LogP contribution in [0.15, 0.2) is 53.0 Å². The molecule has 2 aliphatic rings. The summed E-state index contributed by atoms with van der Waals surface area (Å²) in [6, 6.07) is 17.7. The summed E-state index contributed by atoms with van der Waals surface area (Å²) in [4.78, 5) is 7.49. The summed E-state index contributed by atoms with van der Waals surface area (Å²) in [7, 11) is 6.13. The van der Waals surface area contributed by atoms with Crippen molar-refractivity contribution in [3.05, 3.63) is 75.3 Å². The fourth-order valence-electron chi connectivity index (χ4n) is 6.36. The Bertz CT molecular complexity index is 1670. The van der Waals surface area contributed by atoms with E-state index in [0.717, 1.165) is 35.6 Å². The Hall–Kier alpha value is -2.98. The first-order chi connectivity index (χ1) is 15.7. The summed E-state index contributed by atoms with van der Waals surface area (Å²) in [6.45, 7) is 0. The molecular formula is C28H18BBrN2. The highest BCUT2D eigenvalue weighted by Gasteiger charge is 2.30. The number of nitrogens with one attached hydrogen (secondary N) is 2. The van der Waals surface area contributed by atoms with E-state index in [0.29, 0.717) is 0 Å². The third kappa shape index (κ3) is 2.12. The van der Waals surface area contributed by atoms with E-state index in [9.17, 15) is 0 Å². The molecule has 0 amide bonds. The lowest BCUT2D eigenvalue weighted by Gasteiger charge is -2.30. The van der Waals surface area contributed by atoms with Crippen LogP contribution in [0.3, 0.4) is 0 Å². The van der Waals surface area contributed by atoms with Gasteiger partial charge in [0.2, 0.25) is 0 Å². The van der Waals surface area contributed by atoms with E-state index in [2.05, 4.69) is 68.4 Å². The van der Waals surface area contributed by atoms with Crippen LogP contribution in [-0.4, -0.2) is 17.8 Å². The summed E-state index contributed by atoms with van der Waals surface area (Å²) >= 11 is 3.66. The van der Waals surface area contributed by atoms with E-state index in [1.54, 1.807) is 0 Å². The van der Waals surface area contributed by atoms with E-state index in [1.807, 2.05) is 6.07 Å². The van der Waals surface area contributed by atoms with Crippen LogP contribution in [0.4, 0.5) is 0 Å². The molecule has 8 rings (SSSR count). The van der Waals surface area contributed by atoms with Crippen molar-refractivity contribution in [1.29, 1.82) is 0 Å². The van der Waals surface area contributed by atoms with Gasteiger partial charge in [0.05, 0.1) is 11.0 Å². The summed E-state index contributed by atoms with van der Waals surface area (Å²) in [5.41, 5.74) is 14.8. The molecule has 0 unspecified atom stereocenters. The first-order valence-corrected chi connectivity index (χ1v) is 12.1. The normalized spacial score (nSPS) is 14.7. The Kier molecular flexibility index (Phi) is 3.22. The highest BCUT2D eigenvalue weighted by atomic mass is 79.9. The first kappa shape index (κ1) is 17.6. The van der Waals surface area contributed by atoms with Gasteiger partial charge in [-0.2, -0.15) is 0 Å². The highest BCUT2D eigenvalue weighted by Crippen LogP contribution is 2.49. The summed E-state index contributed by atoms with van der Waals surface area (Å²) in [5, 5.41) is 5.24. The molecule has 0 saturated carbocycles. The fourth-order valence-corrected chi connectivity index (χ4v) is 6.72. The number of hydrogen-bond acceptors (Lipinski definition) is 0. The van der Waals surface area contributed by atoms with Crippen LogP contribution in [0.2, 0.25) is 0 Å². The predicted octanol–water partition coefficient (Wildman–Crippen LogP) is 6.38. The van der Waals surface area contributed by atoms with Gasteiger partial charge in [-0.15, -0.1) is 0 Å². The lowest BCUT2D eigenvalue weighted by atomic mass is 9.74. The molecule has 32 heavy (non-hydrogen) atoms. The molecule has 0 fully saturated rings. The van der Waals surface area contributed by atoms with Crippen LogP contribution >= 0.6 is 15.9 Å². The Morgan fingerprint density at radius 3 is 1.81 bits per heavy atom. The van der Waals surface area contributed by atoms with Crippen molar-refractivity contribution in [3.63, 3.8) is 0 Å². The summed E-state index contributed by atoms with van der Waals surface area (Å²) in [6.07, 6.45) is 4.32. The number of aromatic amines is 2. The summed E-state index contributed by atoms with van der Waals surface area (Å²) < 4.78 is 1.13. The van der Waals surface area contributed by atoms with Gasteiger partial charge in [0, 0.05) is 37.1 Å². The number of fused-ring (bicyclic) bond motifs is 8. The molecule has 2 N–H and O–H groups in total. The molecule has 0 saturated heterocycles. The number of aromatic nitrogens is 2. The number of aryl methyl sites for hydroxylation is 4. The SMILES string of the molecule is [B]c1ccc2[nH]c3c4c5c(cc3c2c1)CCc1cc2c([nH]c3ccc(Br)cc32)c(c1-5)CC4. The number of benzene rings is 4. The van der Waals surface area contributed by atoms with Crippen LogP contribution in [0.1, 0.15) is 22.3 Å². The van der Waals surface area contributed by atoms with Gasteiger partial charge in [-0.05, 0) is 95.5 Å². The van der Waals surface area contributed by atoms with Gasteiger partial charge in [0.1, 0.15) is 7.85 Å². The standard InChI is InChI=1S/C28H18BBrN2/c29-15-3-7-23-19(11-15)21-9-13-1-2-14-10-22-20-12-16(30)4-8-24(20)32-28(22)18-6-5-17(27(21)31-23)25(13)26(14)18/h3-4,7-12,31-32H,1-2,5-6H2. The van der Waals surface area contributed by atoms with Crippen LogP contribution in [0.5, 0.6) is 0 Å². The van der Waals surface area contributed by atoms with Crippen molar-refractivity contribution in [3.8, 4) is 11.1 Å². The van der Waals surface area contributed by atoms with Crippen molar-refractivity contribution < 1.29 is 0 Å². The van der Waals surface area contributed by atoms with E-state index in [4.69, 9.17) is 7.85 Å². The average molecular weight is 473 g/mol. The zero-order valence-electron chi connectivity index (χ0n) is 17.4. The lowest BCUT2D eigenvalue weighted by Crippen LogP contribution is -2.15. The number of hydrogen-bond donors (Lipinski definition) is 2. The minimum Gasteiger partial charge on any atom is -0.354 e. The Morgan fingerprint density at radius 2 is 1.19 bits per heavy atom. The maximum Gasteiger partial charge on any atom is 0.113 e. The maximum absolute atomic E-state index is 6.13. The van der Waals surface area contributed by atoms with Crippen molar-refractivity contribution in [2.45, 2.75) is 25.7 Å². The third-order valence-electron chi connectivity index (χ3n) is 7.69. The molecule has 2 aromatic heterocycles. The molecule has 0 aliphatic heterocycles. The average Bonchev–Trinajstić information content (AvgIpc) is 3.34. The van der Waals surface area contributed by atoms with Gasteiger partial charge >= 0.3 is 0 Å². The number of H-pyrrole nitrogens is 2. The zero-order valence-corrected chi connectivity index (χ0v) is 19.0. The molecule has 0 bridgehead atoms. The predicted molar refractivity (Wildman–Crippen MR) is 139 cm³/mol. The van der Waals surface area contributed by atoms with Gasteiger partial charge in [0.15, 0.2) is 0 Å². The molecule has 2 radical (unpaired) electrons. The second-order valence-corrected chi connectivity index (χ2v) is 10.3. The van der Waals surface area contributed by atoms with E-state index >= 15 is 0 Å². The van der Waals surface area contributed by atoms with Crippen molar-refractivity contribution >= 4 is 72.9 Å². The Labute approximate surface area is 194 Å². The van der Waals surface area contributed by atoms with E-state index in [-0.39, 0.29) is 0 Å². The smallest absolute Gasteiger partial charge is 0.113 e. The molecule has 0 spiro atoms. The Morgan fingerprint density at radius 1 is 0.625 bits per heavy atom. The molecule has 4 aromatic carbocycles. The largest absolute Gasteiger partial charge is 0.354 e. The number of halogens is 1. The van der Waals surface area contributed by atoms with Crippen molar-refractivity contribution in [1.82, 2.24) is 9.97 Å². The van der Waals surface area contributed by atoms with Crippen LogP contribution < -0.4 is 5.46 Å². The minimum absolute atomic E-state index is 0.824. The molecule has 4 heteroatoms. The van der Waals surface area contributed by atoms with Crippen molar-refractivity contribution in [2.24, 2.45) is 0 Å². The van der Waals surface area contributed by atoms with Gasteiger partial charge in [0.25, 0.3) is 0 Å². The Balaban J connectivity index is 1.51. The maximum atomic E-state index is 6.13. The molecule has 2 nitrogen and oxygen atoms in total. The zero-order chi connectivity index (χ0) is 21.1. The van der Waals surface area contributed by atoms with Gasteiger partial charge in [-0.3, -0.25) is 0 Å². The van der Waals surface area contributed by atoms with Gasteiger partial charge in [-0.25, -0.2) is 0 Å². The van der Waals surface area contributed by atoms with Crippen LogP contribution in [0, 0.1) is 0 Å². The van der Waals surface area contributed by atoms with Crippen LogP contribution in [0.25, 0.3) is 54.7 Å². The van der Waals surface area contributed by atoms with Crippen molar-refractivity contribution in [2.75, 3.05) is 0 Å². The fraction of sp³-hybridized carbons (Fsp3) is 0.143. The molecular weight excluding hydrogens is 455 g/mol. The molecule has 0 atom stereocenters. The molecule has 2 heterocycles. The topological polar surface area (TPSA) is 31.6 Å². The van der Waals surface area contributed by atoms with E-state index in [1.165, 1.54) is 77.0 Å². The van der Waals surface area contributed by atoms with Gasteiger partial charge < -0.3 is 9.97 Å². The lowest BCUT2D eigenvalue weighted by molar-refractivity contribution is 0.888.